The van der Waals surface area contributed by atoms with E-state index < -0.39 is 0 Å². The number of rotatable bonds is 4. The van der Waals surface area contributed by atoms with Gasteiger partial charge >= 0.3 is 0 Å². The second-order valence-corrected chi connectivity index (χ2v) is 10.6. The lowest BCUT2D eigenvalue weighted by molar-refractivity contribution is -0.113. The van der Waals surface area contributed by atoms with Gasteiger partial charge in [0.25, 0.3) is 5.91 Å². The van der Waals surface area contributed by atoms with Crippen molar-refractivity contribution in [2.45, 2.75) is 26.1 Å². The number of aromatic nitrogens is 2. The first-order valence-corrected chi connectivity index (χ1v) is 13.6. The fraction of sp³-hybridized carbons (Fsp3) is 0.194. The number of carbonyl (C=O) groups excluding carboxylic acids is 1. The van der Waals surface area contributed by atoms with Crippen molar-refractivity contribution in [1.82, 2.24) is 14.7 Å². The van der Waals surface area contributed by atoms with Crippen LogP contribution in [0.4, 0.5) is 0 Å². The summed E-state index contributed by atoms with van der Waals surface area (Å²) in [5.74, 6) is -0.188. The molecule has 38 heavy (non-hydrogen) atoms. The Kier molecular flexibility index (Phi) is 6.70. The van der Waals surface area contributed by atoms with Gasteiger partial charge in [0.05, 0.1) is 34.2 Å². The summed E-state index contributed by atoms with van der Waals surface area (Å²) >= 11 is 1.44. The van der Waals surface area contributed by atoms with Crippen molar-refractivity contribution in [3.05, 3.63) is 101 Å². The van der Waals surface area contributed by atoms with E-state index in [4.69, 9.17) is 9.84 Å². The number of aliphatic imine (C=N–C) groups is 1. The first-order valence-electron chi connectivity index (χ1n) is 12.8. The monoisotopic (exact) mass is 520 g/mol. The zero-order valence-corrected chi connectivity index (χ0v) is 22.1. The maximum Gasteiger partial charge on any atom is 0.286 e. The third kappa shape index (κ3) is 5.08. The number of benzene rings is 3. The molecule has 0 spiro atoms. The van der Waals surface area contributed by atoms with Gasteiger partial charge in [0.15, 0.2) is 5.17 Å². The van der Waals surface area contributed by atoms with E-state index in [9.17, 15) is 4.79 Å². The molecular formula is C31H28N4O2S. The number of ether oxygens (including phenoxy) is 1. The van der Waals surface area contributed by atoms with Crippen LogP contribution in [0.2, 0.25) is 0 Å². The van der Waals surface area contributed by atoms with Gasteiger partial charge in [-0.2, -0.15) is 10.1 Å². The van der Waals surface area contributed by atoms with Crippen LogP contribution in [0.15, 0.2) is 101 Å². The molecule has 4 aromatic rings. The Morgan fingerprint density at radius 3 is 2.16 bits per heavy atom. The van der Waals surface area contributed by atoms with Crippen LogP contribution < -0.4 is 0 Å². The molecular weight excluding hydrogens is 492 g/mol. The largest absolute Gasteiger partial charge is 0.372 e. The normalized spacial score (nSPS) is 20.7. The smallest absolute Gasteiger partial charge is 0.286 e. The summed E-state index contributed by atoms with van der Waals surface area (Å²) in [4.78, 5) is 19.8. The third-order valence-corrected chi connectivity index (χ3v) is 7.63. The fourth-order valence-corrected chi connectivity index (χ4v) is 5.80. The topological polar surface area (TPSA) is 59.7 Å². The van der Waals surface area contributed by atoms with E-state index in [0.717, 1.165) is 52.0 Å². The summed E-state index contributed by atoms with van der Waals surface area (Å²) in [6.07, 6.45) is 2.14. The second-order valence-electron chi connectivity index (χ2n) is 9.62. The summed E-state index contributed by atoms with van der Waals surface area (Å²) in [5, 5.41) is 5.72. The van der Waals surface area contributed by atoms with Crippen LogP contribution in [0.5, 0.6) is 0 Å². The summed E-state index contributed by atoms with van der Waals surface area (Å²) < 4.78 is 7.80. The van der Waals surface area contributed by atoms with E-state index in [2.05, 4.69) is 54.1 Å². The lowest BCUT2D eigenvalue weighted by atomic mass is 10.1. The van der Waals surface area contributed by atoms with Gasteiger partial charge in [-0.25, -0.2) is 4.68 Å². The molecule has 2 aliphatic heterocycles. The van der Waals surface area contributed by atoms with E-state index in [1.54, 1.807) is 0 Å². The Morgan fingerprint density at radius 1 is 0.868 bits per heavy atom. The van der Waals surface area contributed by atoms with Crippen molar-refractivity contribution in [2.24, 2.45) is 4.99 Å². The number of morpholine rings is 1. The molecule has 7 heteroatoms. The summed E-state index contributed by atoms with van der Waals surface area (Å²) in [6, 6.07) is 30.7. The fourth-order valence-electron chi connectivity index (χ4n) is 4.87. The zero-order valence-electron chi connectivity index (χ0n) is 21.3. The number of amides is 1. The van der Waals surface area contributed by atoms with Crippen molar-refractivity contribution in [2.75, 3.05) is 13.1 Å². The summed E-state index contributed by atoms with van der Waals surface area (Å²) in [6.45, 7) is 5.58. The molecule has 1 aromatic heterocycles. The minimum absolute atomic E-state index is 0.114. The minimum Gasteiger partial charge on any atom is -0.372 e. The molecule has 1 amide bonds. The molecule has 2 atom stereocenters. The minimum atomic E-state index is -0.188. The Morgan fingerprint density at radius 2 is 1.50 bits per heavy atom. The lowest BCUT2D eigenvalue weighted by Gasteiger charge is -2.35. The quantitative estimate of drug-likeness (QED) is 0.296. The first-order chi connectivity index (χ1) is 18.5. The molecule has 1 fully saturated rings. The van der Waals surface area contributed by atoms with Crippen molar-refractivity contribution >= 4 is 28.9 Å². The van der Waals surface area contributed by atoms with Gasteiger partial charge in [0.2, 0.25) is 0 Å². The predicted molar refractivity (Wildman–Crippen MR) is 154 cm³/mol. The maximum absolute atomic E-state index is 12.7. The van der Waals surface area contributed by atoms with Crippen LogP contribution in [-0.4, -0.2) is 51.1 Å². The van der Waals surface area contributed by atoms with Crippen molar-refractivity contribution in [3.63, 3.8) is 0 Å². The van der Waals surface area contributed by atoms with E-state index in [0.29, 0.717) is 4.91 Å². The number of carbonyl (C=O) groups is 1. The zero-order chi connectivity index (χ0) is 26.1. The Bertz CT molecular complexity index is 1500. The van der Waals surface area contributed by atoms with Crippen LogP contribution >= 0.6 is 11.8 Å². The molecule has 0 aliphatic carbocycles. The molecule has 2 unspecified atom stereocenters. The number of hydrogen-bond acceptors (Lipinski definition) is 5. The van der Waals surface area contributed by atoms with E-state index in [1.165, 1.54) is 11.8 Å². The van der Waals surface area contributed by atoms with Gasteiger partial charge in [-0.1, -0.05) is 72.8 Å². The molecule has 0 radical (unpaired) electrons. The average molecular weight is 521 g/mol. The highest BCUT2D eigenvalue weighted by Gasteiger charge is 2.31. The molecule has 3 heterocycles. The van der Waals surface area contributed by atoms with Crippen LogP contribution in [0.25, 0.3) is 34.3 Å². The highest BCUT2D eigenvalue weighted by molar-refractivity contribution is 8.18. The van der Waals surface area contributed by atoms with Gasteiger partial charge in [0, 0.05) is 24.2 Å². The molecule has 1 saturated heterocycles. The van der Waals surface area contributed by atoms with Crippen molar-refractivity contribution < 1.29 is 9.53 Å². The Hall–Kier alpha value is -3.94. The van der Waals surface area contributed by atoms with Crippen LogP contribution in [0.1, 0.15) is 19.4 Å². The highest BCUT2D eigenvalue weighted by Crippen LogP contribution is 2.32. The molecule has 190 valence electrons. The molecule has 2 aliphatic rings. The number of amidine groups is 1. The van der Waals surface area contributed by atoms with Gasteiger partial charge in [0.1, 0.15) is 0 Å². The summed E-state index contributed by atoms with van der Waals surface area (Å²) in [7, 11) is 0. The Balaban J connectivity index is 1.26. The lowest BCUT2D eigenvalue weighted by Crippen LogP contribution is -2.47. The van der Waals surface area contributed by atoms with Crippen LogP contribution in [-0.2, 0) is 9.53 Å². The molecule has 3 aromatic carbocycles. The van der Waals surface area contributed by atoms with Gasteiger partial charge in [-0.3, -0.25) is 4.79 Å². The molecule has 0 bridgehead atoms. The van der Waals surface area contributed by atoms with Gasteiger partial charge < -0.3 is 9.64 Å². The van der Waals surface area contributed by atoms with Gasteiger partial charge in [-0.15, -0.1) is 0 Å². The van der Waals surface area contributed by atoms with Gasteiger partial charge in [-0.05, 0) is 55.4 Å². The number of hydrogen-bond donors (Lipinski definition) is 0. The molecule has 0 saturated carbocycles. The number of nitrogens with zero attached hydrogens (tertiary/aromatic N) is 4. The molecule has 6 nitrogen and oxygen atoms in total. The summed E-state index contributed by atoms with van der Waals surface area (Å²) in [5.41, 5.74) is 6.00. The highest BCUT2D eigenvalue weighted by atomic mass is 32.2. The SMILES string of the molecule is CC1CN(C2=NC(=O)/C(=C\c3ccc(-n4nc(-c5ccccc5)cc4-c4ccccc4)cc3)S2)CC(C)O1. The molecule has 6 rings (SSSR count). The first kappa shape index (κ1) is 24.4. The molecule has 0 N–H and O–H groups in total. The van der Waals surface area contributed by atoms with Crippen LogP contribution in [0, 0.1) is 0 Å². The maximum atomic E-state index is 12.7. The third-order valence-electron chi connectivity index (χ3n) is 6.58. The van der Waals surface area contributed by atoms with E-state index in [-0.39, 0.29) is 18.1 Å². The van der Waals surface area contributed by atoms with E-state index in [1.807, 2.05) is 71.4 Å². The number of thioether (sulfide) groups is 1. The predicted octanol–water partition coefficient (Wildman–Crippen LogP) is 6.29. The Labute approximate surface area is 226 Å². The average Bonchev–Trinajstić information content (AvgIpc) is 3.54. The van der Waals surface area contributed by atoms with E-state index >= 15 is 0 Å². The second kappa shape index (κ2) is 10.4. The van der Waals surface area contributed by atoms with Crippen molar-refractivity contribution in [3.8, 4) is 28.2 Å². The standard InChI is InChI=1S/C31H28N4O2S/c1-21-19-34(20-22(2)37-21)31-32-30(36)29(38-31)17-23-13-15-26(16-14-23)35-28(25-11-7-4-8-12-25)18-27(33-35)24-9-5-3-6-10-24/h3-18,21-22H,19-20H2,1-2H3/b29-17+. The van der Waals surface area contributed by atoms with Crippen LogP contribution in [0.3, 0.4) is 0 Å². The van der Waals surface area contributed by atoms with Crippen molar-refractivity contribution in [1.29, 1.82) is 0 Å².